The molecule has 0 saturated carbocycles. The minimum atomic E-state index is -0.646. The van der Waals surface area contributed by atoms with Crippen LogP contribution in [0.1, 0.15) is 44.4 Å². The number of carbonyl (C=O) groups excluding carboxylic acids is 1. The highest BCUT2D eigenvalue weighted by Crippen LogP contribution is 2.46. The van der Waals surface area contributed by atoms with Crippen LogP contribution in [0.3, 0.4) is 0 Å². The first-order valence-corrected chi connectivity index (χ1v) is 14.4. The van der Waals surface area contributed by atoms with Crippen LogP contribution >= 0.6 is 0 Å². The second-order valence-electron chi connectivity index (χ2n) is 12.0. The zero-order valence-electron chi connectivity index (χ0n) is 26.4. The summed E-state index contributed by atoms with van der Waals surface area (Å²) in [7, 11) is 6.87. The molecule has 4 aromatic rings. The van der Waals surface area contributed by atoms with Crippen molar-refractivity contribution in [1.82, 2.24) is 4.90 Å². The average Bonchev–Trinajstić information content (AvgIpc) is 2.96. The van der Waals surface area contributed by atoms with Crippen molar-refractivity contribution in [2.75, 3.05) is 33.2 Å². The summed E-state index contributed by atoms with van der Waals surface area (Å²) in [5, 5.41) is 11.8. The zero-order chi connectivity index (χ0) is 31.9. The Kier molecular flexibility index (Phi) is 8.18. The number of carbonyl (C=O) groups is 1. The fraction of sp³-hybridized carbons (Fsp3) is 0.314. The molecule has 1 aromatic heterocycles. The van der Waals surface area contributed by atoms with E-state index < -0.39 is 17.1 Å². The number of hydrogen-bond acceptors (Lipinski definition) is 8. The van der Waals surface area contributed by atoms with Gasteiger partial charge in [-0.05, 0) is 72.5 Å². The van der Waals surface area contributed by atoms with Crippen LogP contribution in [0.25, 0.3) is 28.0 Å². The maximum atomic E-state index is 14.4. The number of fused-ring (bicyclic) bond motifs is 3. The van der Waals surface area contributed by atoms with E-state index in [2.05, 4.69) is 0 Å². The zero-order valence-corrected chi connectivity index (χ0v) is 26.4. The summed E-state index contributed by atoms with van der Waals surface area (Å²) in [6.45, 7) is 8.11. The lowest BCUT2D eigenvalue weighted by Crippen LogP contribution is -2.29. The van der Waals surface area contributed by atoms with Gasteiger partial charge in [0, 0.05) is 30.9 Å². The lowest BCUT2D eigenvalue weighted by atomic mass is 9.94. The summed E-state index contributed by atoms with van der Waals surface area (Å²) in [5.41, 5.74) is 2.53. The SMILES string of the molecule is COc1c(OC(=O)N(C)c2ccccc2)cc2oc3c(CN(C)C)c4c(c(O)c3c(=O)c2c1CC=C(C)C)C=CC(C)(C)O4. The van der Waals surface area contributed by atoms with E-state index in [4.69, 9.17) is 18.6 Å². The van der Waals surface area contributed by atoms with Crippen molar-refractivity contribution >= 4 is 39.8 Å². The van der Waals surface area contributed by atoms with Crippen LogP contribution in [-0.4, -0.2) is 50.0 Å². The third-order valence-electron chi connectivity index (χ3n) is 7.51. The summed E-state index contributed by atoms with van der Waals surface area (Å²) >= 11 is 0. The molecule has 44 heavy (non-hydrogen) atoms. The first-order valence-electron chi connectivity index (χ1n) is 14.4. The van der Waals surface area contributed by atoms with Gasteiger partial charge in [0.15, 0.2) is 17.1 Å². The highest BCUT2D eigenvalue weighted by molar-refractivity contribution is 6.01. The Morgan fingerprint density at radius 2 is 1.77 bits per heavy atom. The molecule has 1 aliphatic heterocycles. The second kappa shape index (κ2) is 11.7. The molecule has 0 aliphatic carbocycles. The highest BCUT2D eigenvalue weighted by Gasteiger charge is 2.32. The molecule has 0 bridgehead atoms. The molecule has 5 rings (SSSR count). The van der Waals surface area contributed by atoms with Crippen LogP contribution in [0.4, 0.5) is 10.5 Å². The van der Waals surface area contributed by atoms with E-state index in [0.717, 1.165) is 5.57 Å². The maximum absolute atomic E-state index is 14.4. The Bertz CT molecular complexity index is 1880. The molecule has 9 heteroatoms. The van der Waals surface area contributed by atoms with Crippen molar-refractivity contribution < 1.29 is 28.5 Å². The molecule has 230 valence electrons. The summed E-state index contributed by atoms with van der Waals surface area (Å²) in [6.07, 6.45) is 5.23. The smallest absolute Gasteiger partial charge is 0.419 e. The van der Waals surface area contributed by atoms with Crippen LogP contribution in [0.15, 0.2) is 63.3 Å². The predicted molar refractivity (Wildman–Crippen MR) is 173 cm³/mol. The quantitative estimate of drug-likeness (QED) is 0.178. The standard InChI is InChI=1S/C35H38N2O7/c1-20(2)14-15-22-27-25(18-26(32(22)41-8)43-34(40)37(7)21-12-10-9-11-13-21)42-33-24(19-36(5)6)31-23(16-17-35(3,4)44-31)29(38)28(33)30(27)39/h9-14,16-18,38H,15,19H2,1-8H3. The van der Waals surface area contributed by atoms with E-state index in [9.17, 15) is 14.7 Å². The van der Waals surface area contributed by atoms with Gasteiger partial charge in [-0.1, -0.05) is 29.8 Å². The molecular weight excluding hydrogens is 560 g/mol. The average molecular weight is 599 g/mol. The van der Waals surface area contributed by atoms with Gasteiger partial charge in [0.25, 0.3) is 0 Å². The van der Waals surface area contributed by atoms with E-state index in [1.165, 1.54) is 18.1 Å². The Morgan fingerprint density at radius 3 is 2.41 bits per heavy atom. The molecule has 1 amide bonds. The van der Waals surface area contributed by atoms with Crippen LogP contribution in [0.5, 0.6) is 23.0 Å². The number of phenols is 1. The van der Waals surface area contributed by atoms with Crippen LogP contribution in [0.2, 0.25) is 0 Å². The first-order chi connectivity index (χ1) is 20.8. The van der Waals surface area contributed by atoms with Crippen molar-refractivity contribution in [2.24, 2.45) is 0 Å². The van der Waals surface area contributed by atoms with Crippen molar-refractivity contribution in [3.63, 3.8) is 0 Å². The monoisotopic (exact) mass is 598 g/mol. The number of phenolic OH excluding ortho intramolecular Hbond substituents is 1. The lowest BCUT2D eigenvalue weighted by molar-refractivity contribution is 0.155. The molecule has 9 nitrogen and oxygen atoms in total. The number of hydrogen-bond donors (Lipinski definition) is 1. The third-order valence-corrected chi connectivity index (χ3v) is 7.51. The molecule has 1 aliphatic rings. The molecule has 0 fully saturated rings. The molecule has 0 radical (unpaired) electrons. The fourth-order valence-corrected chi connectivity index (χ4v) is 5.35. The summed E-state index contributed by atoms with van der Waals surface area (Å²) in [4.78, 5) is 31.0. The molecular formula is C35H38N2O7. The molecule has 0 atom stereocenters. The van der Waals surface area contributed by atoms with Crippen molar-refractivity contribution in [3.05, 3.63) is 81.0 Å². The van der Waals surface area contributed by atoms with E-state index in [1.807, 2.05) is 77.0 Å². The largest absolute Gasteiger partial charge is 0.506 e. The number of amides is 1. The third kappa shape index (κ3) is 5.63. The minimum absolute atomic E-state index is 0.0510. The van der Waals surface area contributed by atoms with E-state index in [1.54, 1.807) is 25.3 Å². The number of allylic oxidation sites excluding steroid dienone is 2. The van der Waals surface area contributed by atoms with Crippen LogP contribution in [-0.2, 0) is 13.0 Å². The Balaban J connectivity index is 1.83. The van der Waals surface area contributed by atoms with Gasteiger partial charge in [0.1, 0.15) is 28.1 Å². The number of nitrogens with zero attached hydrogens (tertiary/aromatic N) is 2. The number of methoxy groups -OCH3 is 1. The van der Waals surface area contributed by atoms with Gasteiger partial charge in [-0.25, -0.2) is 4.79 Å². The van der Waals surface area contributed by atoms with E-state index in [-0.39, 0.29) is 39.2 Å². The fourth-order valence-electron chi connectivity index (χ4n) is 5.35. The molecule has 0 unspecified atom stereocenters. The van der Waals surface area contributed by atoms with E-state index >= 15 is 0 Å². The Labute approximate surface area is 256 Å². The molecule has 0 saturated heterocycles. The van der Waals surface area contributed by atoms with E-state index in [0.29, 0.717) is 41.1 Å². The predicted octanol–water partition coefficient (Wildman–Crippen LogP) is 7.05. The van der Waals surface area contributed by atoms with Crippen molar-refractivity contribution in [1.29, 1.82) is 0 Å². The van der Waals surface area contributed by atoms with Gasteiger partial charge in [0.05, 0.1) is 23.6 Å². The number of aromatic hydroxyl groups is 1. The first kappa shape index (κ1) is 30.7. The number of ether oxygens (including phenoxy) is 3. The highest BCUT2D eigenvalue weighted by atomic mass is 16.6. The normalized spacial score (nSPS) is 13.5. The number of benzene rings is 3. The Hall–Kier alpha value is -4.76. The van der Waals surface area contributed by atoms with Crippen LogP contribution < -0.4 is 24.5 Å². The lowest BCUT2D eigenvalue weighted by Gasteiger charge is -2.31. The van der Waals surface area contributed by atoms with Crippen molar-refractivity contribution in [3.8, 4) is 23.0 Å². The molecule has 0 spiro atoms. The minimum Gasteiger partial charge on any atom is -0.506 e. The number of anilines is 1. The summed E-state index contributed by atoms with van der Waals surface area (Å²) in [5.74, 6) is 0.566. The summed E-state index contributed by atoms with van der Waals surface area (Å²) in [6, 6.07) is 10.6. The molecule has 1 N–H and O–H groups in total. The van der Waals surface area contributed by atoms with Gasteiger partial charge in [-0.15, -0.1) is 0 Å². The molecule has 3 aromatic carbocycles. The van der Waals surface area contributed by atoms with Crippen molar-refractivity contribution in [2.45, 2.75) is 46.3 Å². The van der Waals surface area contributed by atoms with Gasteiger partial charge in [-0.3, -0.25) is 9.69 Å². The topological polar surface area (TPSA) is 102 Å². The van der Waals surface area contributed by atoms with Gasteiger partial charge >= 0.3 is 6.09 Å². The van der Waals surface area contributed by atoms with Gasteiger partial charge in [0.2, 0.25) is 5.43 Å². The Morgan fingerprint density at radius 1 is 1.07 bits per heavy atom. The second-order valence-corrected chi connectivity index (χ2v) is 12.0. The van der Waals surface area contributed by atoms with Gasteiger partial charge in [-0.2, -0.15) is 0 Å². The van der Waals surface area contributed by atoms with Crippen LogP contribution in [0, 0.1) is 0 Å². The number of rotatable bonds is 7. The maximum Gasteiger partial charge on any atom is 0.419 e. The number of para-hydroxylation sites is 1. The van der Waals surface area contributed by atoms with Gasteiger partial charge < -0.3 is 28.6 Å². The molecule has 2 heterocycles. The summed E-state index contributed by atoms with van der Waals surface area (Å²) < 4.78 is 24.5.